The number of nitrogens with zero attached hydrogens (tertiary/aromatic N) is 1. The van der Waals surface area contributed by atoms with E-state index in [2.05, 4.69) is 5.32 Å². The van der Waals surface area contributed by atoms with Gasteiger partial charge in [-0.25, -0.2) is 0 Å². The van der Waals surface area contributed by atoms with Crippen molar-refractivity contribution in [2.24, 2.45) is 0 Å². The molecule has 0 aliphatic carbocycles. The fraction of sp³-hybridized carbons (Fsp3) is 0.500. The Morgan fingerprint density at radius 2 is 1.83 bits per heavy atom. The van der Waals surface area contributed by atoms with E-state index in [1.807, 2.05) is 0 Å². The van der Waals surface area contributed by atoms with Gasteiger partial charge in [-0.2, -0.15) is 13.2 Å². The topological polar surface area (TPSA) is 49.4 Å². The van der Waals surface area contributed by atoms with Gasteiger partial charge in [-0.05, 0) is 31.9 Å². The molecule has 0 radical (unpaired) electrons. The zero-order chi connectivity index (χ0) is 17.9. The summed E-state index contributed by atoms with van der Waals surface area (Å²) < 4.78 is 39.1. The number of hydrogen-bond acceptors (Lipinski definition) is 2. The molecular formula is C16H18ClF3N2O2. The molecule has 1 N–H and O–H groups in total. The van der Waals surface area contributed by atoms with E-state index in [1.54, 1.807) is 6.92 Å². The van der Waals surface area contributed by atoms with Crippen LogP contribution in [-0.4, -0.2) is 41.2 Å². The van der Waals surface area contributed by atoms with Crippen molar-refractivity contribution >= 4 is 23.4 Å². The predicted molar refractivity (Wildman–Crippen MR) is 83.8 cm³/mol. The fourth-order valence-corrected chi connectivity index (χ4v) is 2.69. The highest BCUT2D eigenvalue weighted by atomic mass is 35.5. The summed E-state index contributed by atoms with van der Waals surface area (Å²) in [5, 5.41) is 2.11. The van der Waals surface area contributed by atoms with E-state index >= 15 is 0 Å². The summed E-state index contributed by atoms with van der Waals surface area (Å²) in [7, 11) is 0. The summed E-state index contributed by atoms with van der Waals surface area (Å²) in [5.74, 6) is -0.928. The van der Waals surface area contributed by atoms with Crippen molar-refractivity contribution in [3.05, 3.63) is 35.4 Å². The van der Waals surface area contributed by atoms with Crippen LogP contribution in [0.25, 0.3) is 0 Å². The highest BCUT2D eigenvalue weighted by Crippen LogP contribution is 2.32. The highest BCUT2D eigenvalue weighted by Gasteiger charge is 2.36. The molecule has 0 saturated carbocycles. The Hall–Kier alpha value is -1.76. The molecule has 1 heterocycles. The van der Waals surface area contributed by atoms with Gasteiger partial charge in [0.25, 0.3) is 5.91 Å². The van der Waals surface area contributed by atoms with E-state index in [1.165, 1.54) is 23.1 Å². The first kappa shape index (κ1) is 18.6. The van der Waals surface area contributed by atoms with Gasteiger partial charge in [0.15, 0.2) is 0 Å². The fourth-order valence-electron chi connectivity index (χ4n) is 2.63. The van der Waals surface area contributed by atoms with Crippen LogP contribution in [0.15, 0.2) is 24.3 Å². The average molecular weight is 363 g/mol. The van der Waals surface area contributed by atoms with Gasteiger partial charge >= 0.3 is 6.18 Å². The quantitative estimate of drug-likeness (QED) is 0.840. The molecule has 0 aromatic heterocycles. The van der Waals surface area contributed by atoms with Crippen LogP contribution >= 0.6 is 11.6 Å². The average Bonchev–Trinajstić information content (AvgIpc) is 2.54. The maximum Gasteiger partial charge on any atom is 0.417 e. The molecule has 1 aliphatic heterocycles. The van der Waals surface area contributed by atoms with E-state index in [4.69, 9.17) is 11.6 Å². The normalized spacial score (nSPS) is 17.5. The lowest BCUT2D eigenvalue weighted by atomic mass is 10.0. The van der Waals surface area contributed by atoms with E-state index in [0.717, 1.165) is 6.07 Å². The largest absolute Gasteiger partial charge is 0.417 e. The predicted octanol–water partition coefficient (Wildman–Crippen LogP) is 3.05. The summed E-state index contributed by atoms with van der Waals surface area (Å²) in [6, 6.07) is 4.64. The van der Waals surface area contributed by atoms with Gasteiger partial charge in [0.2, 0.25) is 5.91 Å². The van der Waals surface area contributed by atoms with Crippen LogP contribution in [0.4, 0.5) is 13.2 Å². The van der Waals surface area contributed by atoms with Gasteiger partial charge in [0.1, 0.15) is 5.38 Å². The Bertz CT molecular complexity index is 612. The third-order valence-corrected chi connectivity index (χ3v) is 4.15. The summed E-state index contributed by atoms with van der Waals surface area (Å²) in [5.41, 5.74) is -1.27. The number of piperidine rings is 1. The first-order valence-electron chi connectivity index (χ1n) is 7.60. The van der Waals surface area contributed by atoms with Gasteiger partial charge in [-0.1, -0.05) is 12.1 Å². The number of alkyl halides is 4. The van der Waals surface area contributed by atoms with Crippen molar-refractivity contribution in [1.82, 2.24) is 10.2 Å². The maximum absolute atomic E-state index is 13.0. The van der Waals surface area contributed by atoms with Gasteiger partial charge < -0.3 is 10.2 Å². The summed E-state index contributed by atoms with van der Waals surface area (Å²) in [6.07, 6.45) is -3.61. The second kappa shape index (κ2) is 7.42. The van der Waals surface area contributed by atoms with Gasteiger partial charge in [-0.3, -0.25) is 9.59 Å². The third kappa shape index (κ3) is 4.41. The molecule has 0 spiro atoms. The zero-order valence-corrected chi connectivity index (χ0v) is 13.8. The number of rotatable bonds is 3. The molecule has 132 valence electrons. The van der Waals surface area contributed by atoms with Gasteiger partial charge in [0.05, 0.1) is 11.1 Å². The van der Waals surface area contributed by atoms with Crippen LogP contribution in [0.1, 0.15) is 35.7 Å². The maximum atomic E-state index is 13.0. The first-order valence-corrected chi connectivity index (χ1v) is 8.03. The first-order chi connectivity index (χ1) is 11.2. The van der Waals surface area contributed by atoms with Crippen LogP contribution < -0.4 is 5.32 Å². The Morgan fingerprint density at radius 1 is 1.25 bits per heavy atom. The van der Waals surface area contributed by atoms with E-state index in [0.29, 0.717) is 12.8 Å². The lowest BCUT2D eigenvalue weighted by Crippen LogP contribution is -2.48. The summed E-state index contributed by atoms with van der Waals surface area (Å²) >= 11 is 5.68. The number of likely N-dealkylation sites (tertiary alicyclic amines) is 1. The molecule has 2 rings (SSSR count). The Morgan fingerprint density at radius 3 is 2.38 bits per heavy atom. The van der Waals surface area contributed by atoms with Gasteiger partial charge in [0, 0.05) is 19.1 Å². The molecule has 24 heavy (non-hydrogen) atoms. The minimum absolute atomic E-state index is 0.124. The Balaban J connectivity index is 2.03. The minimum Gasteiger partial charge on any atom is -0.352 e. The zero-order valence-electron chi connectivity index (χ0n) is 13.1. The molecule has 8 heteroatoms. The molecule has 1 aliphatic rings. The van der Waals surface area contributed by atoms with Crippen LogP contribution in [0.3, 0.4) is 0 Å². The molecule has 1 aromatic carbocycles. The van der Waals surface area contributed by atoms with Crippen molar-refractivity contribution < 1.29 is 22.8 Å². The molecule has 2 amide bonds. The molecule has 1 unspecified atom stereocenters. The van der Waals surface area contributed by atoms with Crippen LogP contribution in [0.2, 0.25) is 0 Å². The number of benzene rings is 1. The van der Waals surface area contributed by atoms with Crippen molar-refractivity contribution in [1.29, 1.82) is 0 Å². The number of nitrogens with one attached hydrogen (secondary N) is 1. The molecule has 1 fully saturated rings. The molecule has 4 nitrogen and oxygen atoms in total. The highest BCUT2D eigenvalue weighted by molar-refractivity contribution is 6.30. The second-order valence-corrected chi connectivity index (χ2v) is 6.39. The van der Waals surface area contributed by atoms with Crippen LogP contribution in [-0.2, 0) is 11.0 Å². The molecule has 0 bridgehead atoms. The van der Waals surface area contributed by atoms with Crippen LogP contribution in [0.5, 0.6) is 0 Å². The van der Waals surface area contributed by atoms with Crippen LogP contribution in [0, 0.1) is 0 Å². The number of hydrogen-bond donors (Lipinski definition) is 1. The number of amides is 2. The molecule has 1 aromatic rings. The van der Waals surface area contributed by atoms with Crippen molar-refractivity contribution in [2.75, 3.05) is 13.1 Å². The standard InChI is InChI=1S/C16H18ClF3N2O2/c1-10(17)14(23)21-11-6-8-22(9-7-11)15(24)12-4-2-3-5-13(12)16(18,19)20/h2-5,10-11H,6-9H2,1H3,(H,21,23). The van der Waals surface area contributed by atoms with Crippen molar-refractivity contribution in [3.8, 4) is 0 Å². The Kier molecular flexibility index (Phi) is 5.74. The number of carbonyl (C=O) groups is 2. The third-order valence-electron chi connectivity index (χ3n) is 3.95. The van der Waals surface area contributed by atoms with E-state index in [9.17, 15) is 22.8 Å². The second-order valence-electron chi connectivity index (χ2n) is 5.73. The summed E-state index contributed by atoms with van der Waals surface area (Å²) in [4.78, 5) is 25.4. The number of halogens is 4. The summed E-state index contributed by atoms with van der Waals surface area (Å²) in [6.45, 7) is 2.13. The lowest BCUT2D eigenvalue weighted by molar-refractivity contribution is -0.138. The van der Waals surface area contributed by atoms with E-state index < -0.39 is 23.0 Å². The minimum atomic E-state index is -4.57. The number of carbonyl (C=O) groups excluding carboxylic acids is 2. The lowest BCUT2D eigenvalue weighted by Gasteiger charge is -2.33. The molecule has 1 saturated heterocycles. The molecule has 1 atom stereocenters. The van der Waals surface area contributed by atoms with E-state index in [-0.39, 0.29) is 30.6 Å². The SMILES string of the molecule is CC(Cl)C(=O)NC1CCN(C(=O)c2ccccc2C(F)(F)F)CC1. The van der Waals surface area contributed by atoms with Gasteiger partial charge in [-0.15, -0.1) is 11.6 Å². The van der Waals surface area contributed by atoms with Crippen molar-refractivity contribution in [3.63, 3.8) is 0 Å². The smallest absolute Gasteiger partial charge is 0.352 e. The molecular weight excluding hydrogens is 345 g/mol. The Labute approximate surface area is 143 Å². The monoisotopic (exact) mass is 362 g/mol. The van der Waals surface area contributed by atoms with Crippen molar-refractivity contribution in [2.45, 2.75) is 37.4 Å².